The van der Waals surface area contributed by atoms with Crippen molar-refractivity contribution < 1.29 is 5.11 Å². The number of hydrazone groups is 1. The van der Waals surface area contributed by atoms with E-state index in [4.69, 9.17) is 11.6 Å². The van der Waals surface area contributed by atoms with E-state index in [1.165, 1.54) is 0 Å². The Labute approximate surface area is 153 Å². The molecule has 114 valence electrons. The molecule has 1 aromatic heterocycles. The summed E-state index contributed by atoms with van der Waals surface area (Å²) in [6.07, 6.45) is 4.99. The third kappa shape index (κ3) is 3.39. The first-order chi connectivity index (χ1) is 11.1. The predicted octanol–water partition coefficient (Wildman–Crippen LogP) is 4.60. The van der Waals surface area contributed by atoms with Crippen molar-refractivity contribution in [1.29, 1.82) is 0 Å². The average molecular weight is 455 g/mol. The molecule has 0 unspecified atom stereocenters. The van der Waals surface area contributed by atoms with Crippen LogP contribution in [0.25, 0.3) is 12.2 Å². The maximum atomic E-state index is 9.69. The second-order valence-electron chi connectivity index (χ2n) is 4.45. The van der Waals surface area contributed by atoms with Crippen molar-refractivity contribution in [1.82, 2.24) is 10.2 Å². The molecule has 2 aromatic rings. The van der Waals surface area contributed by atoms with Gasteiger partial charge in [0.2, 0.25) is 0 Å². The molecule has 0 saturated carbocycles. The monoisotopic (exact) mass is 452 g/mol. The van der Waals surface area contributed by atoms with Gasteiger partial charge in [-0.15, -0.1) is 10.2 Å². The van der Waals surface area contributed by atoms with E-state index in [1.54, 1.807) is 30.5 Å². The van der Waals surface area contributed by atoms with E-state index < -0.39 is 0 Å². The molecule has 1 aliphatic carbocycles. The molecule has 1 aromatic carbocycles. The first kappa shape index (κ1) is 16.0. The van der Waals surface area contributed by atoms with Gasteiger partial charge in [-0.05, 0) is 55.6 Å². The molecule has 1 aliphatic rings. The Morgan fingerprint density at radius 3 is 2.48 bits per heavy atom. The standard InChI is InChI=1S/C15H7Br2ClN4O/c16-11-5-8(6-12(17)13(11)23)7-19-21-15-10-4-2-1-3-9(10)14(18)20-22-15/h3-7,23H,(H,21,22)/b19-7-. The SMILES string of the molecule is Oc1c(Br)cc(/C=N\Nc2nnc(Cl)c3c2C=C=C=C3)cc1Br. The maximum absolute atomic E-state index is 9.69. The van der Waals surface area contributed by atoms with Gasteiger partial charge in [0.15, 0.2) is 11.0 Å². The van der Waals surface area contributed by atoms with Crippen LogP contribution in [0.5, 0.6) is 5.75 Å². The molecule has 0 saturated heterocycles. The molecule has 8 heteroatoms. The van der Waals surface area contributed by atoms with E-state index in [2.05, 4.69) is 64.0 Å². The van der Waals surface area contributed by atoms with Crippen molar-refractivity contribution in [3.63, 3.8) is 0 Å². The summed E-state index contributed by atoms with van der Waals surface area (Å²) in [5, 5.41) is 22.0. The van der Waals surface area contributed by atoms with E-state index in [9.17, 15) is 5.11 Å². The number of hydrogen-bond donors (Lipinski definition) is 2. The lowest BCUT2D eigenvalue weighted by Crippen LogP contribution is -2.02. The smallest absolute Gasteiger partial charge is 0.177 e. The summed E-state index contributed by atoms with van der Waals surface area (Å²) in [7, 11) is 0. The molecule has 23 heavy (non-hydrogen) atoms. The van der Waals surface area contributed by atoms with Crippen molar-refractivity contribution in [2.45, 2.75) is 0 Å². The van der Waals surface area contributed by atoms with Crippen molar-refractivity contribution in [3.05, 3.63) is 54.4 Å². The number of phenols is 1. The van der Waals surface area contributed by atoms with Gasteiger partial charge in [-0.2, -0.15) is 5.10 Å². The molecule has 0 bridgehead atoms. The third-order valence-electron chi connectivity index (χ3n) is 2.94. The second-order valence-corrected chi connectivity index (χ2v) is 6.51. The van der Waals surface area contributed by atoms with Gasteiger partial charge in [-0.3, -0.25) is 5.43 Å². The van der Waals surface area contributed by atoms with Crippen LogP contribution in [-0.4, -0.2) is 21.5 Å². The molecule has 0 spiro atoms. The number of nitrogens with one attached hydrogen (secondary N) is 1. The molecule has 5 nitrogen and oxygen atoms in total. The lowest BCUT2D eigenvalue weighted by Gasteiger charge is -2.08. The van der Waals surface area contributed by atoms with E-state index in [-0.39, 0.29) is 5.75 Å². The van der Waals surface area contributed by atoms with Gasteiger partial charge in [-0.1, -0.05) is 23.1 Å². The number of phenolic OH excluding ortho intramolecular Hbond substituents is 1. The van der Waals surface area contributed by atoms with Crippen molar-refractivity contribution in [2.75, 3.05) is 5.43 Å². The Hall–Kier alpha value is -1.88. The number of halogens is 3. The number of nitrogens with zero attached hydrogens (tertiary/aromatic N) is 3. The van der Waals surface area contributed by atoms with E-state index >= 15 is 0 Å². The summed E-state index contributed by atoms with van der Waals surface area (Å²) < 4.78 is 1.13. The predicted molar refractivity (Wildman–Crippen MR) is 97.7 cm³/mol. The molecule has 3 rings (SSSR count). The number of aromatic hydroxyl groups is 1. The highest BCUT2D eigenvalue weighted by Crippen LogP contribution is 2.33. The molecule has 0 aliphatic heterocycles. The van der Waals surface area contributed by atoms with Crippen LogP contribution in [0, 0.1) is 0 Å². The summed E-state index contributed by atoms with van der Waals surface area (Å²) in [6.45, 7) is 0. The minimum atomic E-state index is 0.136. The molecule has 0 amide bonds. The van der Waals surface area contributed by atoms with Crippen LogP contribution >= 0.6 is 43.5 Å². The van der Waals surface area contributed by atoms with Crippen LogP contribution < -0.4 is 5.43 Å². The van der Waals surface area contributed by atoms with Gasteiger partial charge in [0.1, 0.15) is 5.75 Å². The summed E-state index contributed by atoms with van der Waals surface area (Å²) in [5.41, 5.74) is 10.7. The highest BCUT2D eigenvalue weighted by molar-refractivity contribution is 9.11. The first-order valence-electron chi connectivity index (χ1n) is 6.27. The number of anilines is 1. The molecular weight excluding hydrogens is 447 g/mol. The second kappa shape index (κ2) is 6.71. The Balaban J connectivity index is 1.85. The van der Waals surface area contributed by atoms with Gasteiger partial charge in [0.05, 0.1) is 15.2 Å². The minimum Gasteiger partial charge on any atom is -0.506 e. The largest absolute Gasteiger partial charge is 0.506 e. The Kier molecular flexibility index (Phi) is 4.66. The zero-order valence-corrected chi connectivity index (χ0v) is 15.2. The fraction of sp³-hybridized carbons (Fsp3) is 0. The molecule has 0 radical (unpaired) electrons. The number of hydrogen-bond acceptors (Lipinski definition) is 5. The fourth-order valence-electron chi connectivity index (χ4n) is 1.86. The van der Waals surface area contributed by atoms with Crippen molar-refractivity contribution in [2.24, 2.45) is 5.10 Å². The van der Waals surface area contributed by atoms with Gasteiger partial charge >= 0.3 is 0 Å². The first-order valence-corrected chi connectivity index (χ1v) is 8.23. The quantitative estimate of drug-likeness (QED) is 0.345. The molecular formula is C15H7Br2ClN4O. The number of aromatic nitrogens is 2. The molecule has 0 fully saturated rings. The lowest BCUT2D eigenvalue weighted by atomic mass is 10.1. The molecule has 0 atom stereocenters. The van der Waals surface area contributed by atoms with Gasteiger partial charge in [0.25, 0.3) is 0 Å². The van der Waals surface area contributed by atoms with Gasteiger partial charge in [0, 0.05) is 17.2 Å². The van der Waals surface area contributed by atoms with Crippen LogP contribution in [0.4, 0.5) is 5.82 Å². The Morgan fingerprint density at radius 2 is 1.78 bits per heavy atom. The third-order valence-corrected chi connectivity index (χ3v) is 4.43. The van der Waals surface area contributed by atoms with E-state index in [0.29, 0.717) is 25.5 Å². The fourth-order valence-corrected chi connectivity index (χ4v) is 3.28. The summed E-state index contributed by atoms with van der Waals surface area (Å²) in [4.78, 5) is 0. The molecule has 1 heterocycles. The summed E-state index contributed by atoms with van der Waals surface area (Å²) in [5.74, 6) is 0.597. The summed E-state index contributed by atoms with van der Waals surface area (Å²) >= 11 is 12.5. The Morgan fingerprint density at radius 1 is 1.13 bits per heavy atom. The normalized spacial score (nSPS) is 12.0. The summed E-state index contributed by atoms with van der Waals surface area (Å²) in [6, 6.07) is 3.47. The average Bonchev–Trinajstić information content (AvgIpc) is 2.55. The van der Waals surface area contributed by atoms with Crippen molar-refractivity contribution >= 4 is 67.6 Å². The number of fused-ring (bicyclic) bond motifs is 1. The van der Waals surface area contributed by atoms with Crippen LogP contribution in [0.2, 0.25) is 5.15 Å². The van der Waals surface area contributed by atoms with Gasteiger partial charge in [-0.25, -0.2) is 0 Å². The highest BCUT2D eigenvalue weighted by atomic mass is 79.9. The van der Waals surface area contributed by atoms with Crippen LogP contribution in [0.1, 0.15) is 16.7 Å². The topological polar surface area (TPSA) is 70.4 Å². The van der Waals surface area contributed by atoms with Crippen LogP contribution in [0.3, 0.4) is 0 Å². The van der Waals surface area contributed by atoms with Crippen molar-refractivity contribution in [3.8, 4) is 5.75 Å². The van der Waals surface area contributed by atoms with E-state index in [0.717, 1.165) is 11.1 Å². The zero-order chi connectivity index (χ0) is 16.4. The lowest BCUT2D eigenvalue weighted by molar-refractivity contribution is 0.468. The number of benzene rings is 1. The maximum Gasteiger partial charge on any atom is 0.177 e. The highest BCUT2D eigenvalue weighted by Gasteiger charge is 2.12. The van der Waals surface area contributed by atoms with Crippen LogP contribution in [-0.2, 0) is 0 Å². The zero-order valence-electron chi connectivity index (χ0n) is 11.3. The Bertz CT molecular complexity index is 906. The van der Waals surface area contributed by atoms with Crippen LogP contribution in [0.15, 0.2) is 37.6 Å². The minimum absolute atomic E-state index is 0.136. The van der Waals surface area contributed by atoms with Gasteiger partial charge < -0.3 is 5.11 Å². The van der Waals surface area contributed by atoms with E-state index in [1.807, 2.05) is 0 Å². The number of rotatable bonds is 3. The molecule has 2 N–H and O–H groups in total.